The molecule has 0 spiro atoms. The zero-order valence-corrected chi connectivity index (χ0v) is 12.0. The first-order valence-corrected chi connectivity index (χ1v) is 7.12. The van der Waals surface area contributed by atoms with Crippen LogP contribution in [0.5, 0.6) is 0 Å². The van der Waals surface area contributed by atoms with Gasteiger partial charge in [0.2, 0.25) is 5.91 Å². The van der Waals surface area contributed by atoms with Crippen LogP contribution in [0.2, 0.25) is 0 Å². The summed E-state index contributed by atoms with van der Waals surface area (Å²) in [6, 6.07) is 5.45. The molecule has 1 aromatic rings. The molecule has 5 nitrogen and oxygen atoms in total. The highest BCUT2D eigenvalue weighted by molar-refractivity contribution is 6.22. The SMILES string of the molecule is CN1CCN([C@@H]2CC(=O)N(c3ccccc3F)C2=O)CC1. The summed E-state index contributed by atoms with van der Waals surface area (Å²) in [5.74, 6) is -1.18. The molecule has 3 rings (SSSR count). The van der Waals surface area contributed by atoms with Crippen LogP contribution in [0.1, 0.15) is 6.42 Å². The molecule has 1 aromatic carbocycles. The van der Waals surface area contributed by atoms with Gasteiger partial charge in [0, 0.05) is 26.2 Å². The predicted molar refractivity (Wildman–Crippen MR) is 76.4 cm³/mol. The van der Waals surface area contributed by atoms with Crippen LogP contribution in [0, 0.1) is 5.82 Å². The lowest BCUT2D eigenvalue weighted by molar-refractivity contribution is -0.123. The van der Waals surface area contributed by atoms with Crippen LogP contribution in [0.25, 0.3) is 0 Å². The highest BCUT2D eigenvalue weighted by atomic mass is 19.1. The zero-order chi connectivity index (χ0) is 15.0. The average molecular weight is 291 g/mol. The number of piperazine rings is 1. The largest absolute Gasteiger partial charge is 0.304 e. The molecular formula is C15H18FN3O2. The molecule has 0 saturated carbocycles. The number of carbonyl (C=O) groups is 2. The zero-order valence-electron chi connectivity index (χ0n) is 12.0. The van der Waals surface area contributed by atoms with Gasteiger partial charge < -0.3 is 4.90 Å². The van der Waals surface area contributed by atoms with Gasteiger partial charge >= 0.3 is 0 Å². The van der Waals surface area contributed by atoms with E-state index in [1.165, 1.54) is 12.1 Å². The Labute approximate surface area is 122 Å². The summed E-state index contributed by atoms with van der Waals surface area (Å²) in [5, 5.41) is 0. The molecule has 2 aliphatic heterocycles. The van der Waals surface area contributed by atoms with Crippen LogP contribution in [0.3, 0.4) is 0 Å². The molecule has 2 aliphatic rings. The molecule has 6 heteroatoms. The third kappa shape index (κ3) is 2.56. The number of benzene rings is 1. The first kappa shape index (κ1) is 14.2. The number of imide groups is 1. The lowest BCUT2D eigenvalue weighted by Gasteiger charge is -2.35. The van der Waals surface area contributed by atoms with Gasteiger partial charge in [-0.15, -0.1) is 0 Å². The monoisotopic (exact) mass is 291 g/mol. The molecular weight excluding hydrogens is 273 g/mol. The van der Waals surface area contributed by atoms with Crippen molar-refractivity contribution in [3.05, 3.63) is 30.1 Å². The Morgan fingerprint density at radius 2 is 1.76 bits per heavy atom. The van der Waals surface area contributed by atoms with Gasteiger partial charge in [0.1, 0.15) is 5.82 Å². The van der Waals surface area contributed by atoms with Crippen molar-refractivity contribution < 1.29 is 14.0 Å². The summed E-state index contributed by atoms with van der Waals surface area (Å²) in [5.41, 5.74) is 0.0594. The highest BCUT2D eigenvalue weighted by Crippen LogP contribution is 2.28. The number of hydrogen-bond acceptors (Lipinski definition) is 4. The van der Waals surface area contributed by atoms with Gasteiger partial charge in [0.05, 0.1) is 18.2 Å². The summed E-state index contributed by atoms with van der Waals surface area (Å²) >= 11 is 0. The van der Waals surface area contributed by atoms with E-state index < -0.39 is 11.9 Å². The van der Waals surface area contributed by atoms with E-state index in [4.69, 9.17) is 0 Å². The van der Waals surface area contributed by atoms with Gasteiger partial charge in [-0.1, -0.05) is 12.1 Å². The molecule has 0 aliphatic carbocycles. The van der Waals surface area contributed by atoms with E-state index in [0.29, 0.717) is 0 Å². The van der Waals surface area contributed by atoms with E-state index in [-0.39, 0.29) is 23.9 Å². The van der Waals surface area contributed by atoms with Gasteiger partial charge in [-0.2, -0.15) is 0 Å². The van der Waals surface area contributed by atoms with Crippen LogP contribution < -0.4 is 4.90 Å². The Kier molecular flexibility index (Phi) is 3.73. The second-order valence-electron chi connectivity index (χ2n) is 5.58. The van der Waals surface area contributed by atoms with E-state index in [0.717, 1.165) is 31.1 Å². The molecule has 0 unspecified atom stereocenters. The first-order chi connectivity index (χ1) is 10.1. The fourth-order valence-corrected chi connectivity index (χ4v) is 2.92. The minimum Gasteiger partial charge on any atom is -0.304 e. The second-order valence-corrected chi connectivity index (χ2v) is 5.58. The third-order valence-electron chi connectivity index (χ3n) is 4.19. The van der Waals surface area contributed by atoms with Crippen molar-refractivity contribution in [2.75, 3.05) is 38.1 Å². The number of hydrogen-bond donors (Lipinski definition) is 0. The van der Waals surface area contributed by atoms with Crippen LogP contribution in [-0.4, -0.2) is 60.9 Å². The fourth-order valence-electron chi connectivity index (χ4n) is 2.92. The average Bonchev–Trinajstić information content (AvgIpc) is 2.76. The number of nitrogens with zero attached hydrogens (tertiary/aromatic N) is 3. The Morgan fingerprint density at radius 1 is 1.10 bits per heavy atom. The molecule has 2 heterocycles. The van der Waals surface area contributed by atoms with Gasteiger partial charge in [-0.3, -0.25) is 14.5 Å². The topological polar surface area (TPSA) is 43.9 Å². The quantitative estimate of drug-likeness (QED) is 0.753. The summed E-state index contributed by atoms with van der Waals surface area (Å²) < 4.78 is 13.8. The molecule has 0 radical (unpaired) electrons. The van der Waals surface area contributed by atoms with E-state index in [9.17, 15) is 14.0 Å². The first-order valence-electron chi connectivity index (χ1n) is 7.12. The van der Waals surface area contributed by atoms with Crippen LogP contribution in [0.15, 0.2) is 24.3 Å². The van der Waals surface area contributed by atoms with E-state index in [1.54, 1.807) is 12.1 Å². The van der Waals surface area contributed by atoms with Crippen LogP contribution >= 0.6 is 0 Å². The number of halogens is 1. The van der Waals surface area contributed by atoms with Crippen molar-refractivity contribution in [2.24, 2.45) is 0 Å². The lowest BCUT2D eigenvalue weighted by atomic mass is 10.2. The van der Waals surface area contributed by atoms with Crippen molar-refractivity contribution in [1.82, 2.24) is 9.80 Å². The van der Waals surface area contributed by atoms with Crippen molar-refractivity contribution >= 4 is 17.5 Å². The van der Waals surface area contributed by atoms with Gasteiger partial charge in [-0.25, -0.2) is 9.29 Å². The Morgan fingerprint density at radius 3 is 2.43 bits per heavy atom. The molecule has 112 valence electrons. The fraction of sp³-hybridized carbons (Fsp3) is 0.467. The number of amides is 2. The van der Waals surface area contributed by atoms with E-state index >= 15 is 0 Å². The molecule has 1 atom stereocenters. The van der Waals surface area contributed by atoms with E-state index in [2.05, 4.69) is 4.90 Å². The summed E-state index contributed by atoms with van der Waals surface area (Å²) in [6.45, 7) is 3.26. The summed E-state index contributed by atoms with van der Waals surface area (Å²) in [4.78, 5) is 29.9. The summed E-state index contributed by atoms with van der Waals surface area (Å²) in [6.07, 6.45) is 0.136. The molecule has 0 aromatic heterocycles. The minimum absolute atomic E-state index is 0.0594. The summed E-state index contributed by atoms with van der Waals surface area (Å²) in [7, 11) is 2.03. The van der Waals surface area contributed by atoms with Crippen molar-refractivity contribution in [3.8, 4) is 0 Å². The number of para-hydroxylation sites is 1. The maximum Gasteiger partial charge on any atom is 0.251 e. The van der Waals surface area contributed by atoms with E-state index in [1.807, 2.05) is 11.9 Å². The van der Waals surface area contributed by atoms with Crippen molar-refractivity contribution in [1.29, 1.82) is 0 Å². The maximum atomic E-state index is 13.8. The molecule has 0 bridgehead atoms. The third-order valence-corrected chi connectivity index (χ3v) is 4.19. The molecule has 2 amide bonds. The van der Waals surface area contributed by atoms with Gasteiger partial charge in [-0.05, 0) is 19.2 Å². The predicted octanol–water partition coefficient (Wildman–Crippen LogP) is 0.705. The number of rotatable bonds is 2. The number of likely N-dealkylation sites (N-methyl/N-ethyl adjacent to an activating group) is 1. The lowest BCUT2D eigenvalue weighted by Crippen LogP contribution is -2.51. The smallest absolute Gasteiger partial charge is 0.251 e. The molecule has 21 heavy (non-hydrogen) atoms. The number of anilines is 1. The molecule has 2 fully saturated rings. The van der Waals surface area contributed by atoms with Crippen LogP contribution in [-0.2, 0) is 9.59 Å². The van der Waals surface area contributed by atoms with Crippen molar-refractivity contribution in [2.45, 2.75) is 12.5 Å². The molecule has 2 saturated heterocycles. The Bertz CT molecular complexity index is 570. The van der Waals surface area contributed by atoms with Crippen LogP contribution in [0.4, 0.5) is 10.1 Å². The van der Waals surface area contributed by atoms with Crippen molar-refractivity contribution in [3.63, 3.8) is 0 Å². The van der Waals surface area contributed by atoms with Gasteiger partial charge in [0.25, 0.3) is 5.91 Å². The second kappa shape index (κ2) is 5.54. The number of carbonyl (C=O) groups excluding carboxylic acids is 2. The van der Waals surface area contributed by atoms with Gasteiger partial charge in [0.15, 0.2) is 0 Å². The normalized spacial score (nSPS) is 24.9. The minimum atomic E-state index is -0.543. The standard InChI is InChI=1S/C15H18FN3O2/c1-17-6-8-18(9-7-17)13-10-14(20)19(15(13)21)12-5-3-2-4-11(12)16/h2-5,13H,6-10H2,1H3/t13-/m1/s1. The Balaban J connectivity index is 1.81. The molecule has 0 N–H and O–H groups in total. The Hall–Kier alpha value is -1.79. The maximum absolute atomic E-state index is 13.8. The highest BCUT2D eigenvalue weighted by Gasteiger charge is 2.43.